The Morgan fingerprint density at radius 1 is 1.16 bits per heavy atom. The zero-order chi connectivity index (χ0) is 23.6. The lowest BCUT2D eigenvalue weighted by Crippen LogP contribution is -2.34. The molecule has 0 radical (unpaired) electrons. The third-order valence-corrected chi connectivity index (χ3v) is 5.06. The summed E-state index contributed by atoms with van der Waals surface area (Å²) in [6.45, 7) is 4.92. The van der Waals surface area contributed by atoms with Crippen LogP contribution in [0, 0.1) is 12.7 Å². The van der Waals surface area contributed by atoms with Crippen LogP contribution in [-0.4, -0.2) is 36.4 Å². The first-order chi connectivity index (χ1) is 15.0. The zero-order valence-electron chi connectivity index (χ0n) is 18.2. The van der Waals surface area contributed by atoms with E-state index in [0.717, 1.165) is 10.1 Å². The van der Waals surface area contributed by atoms with Gasteiger partial charge >= 0.3 is 0 Å². The van der Waals surface area contributed by atoms with E-state index >= 15 is 0 Å². The van der Waals surface area contributed by atoms with E-state index < -0.39 is 28.3 Å². The molecule has 10 heteroatoms. The Labute approximate surface area is 182 Å². The fourth-order valence-electron chi connectivity index (χ4n) is 3.38. The second-order valence-electron chi connectivity index (χ2n) is 8.16. The van der Waals surface area contributed by atoms with Crippen molar-refractivity contribution in [1.29, 1.82) is 0 Å². The molecule has 0 aliphatic rings. The SMILES string of the molecule is Cc1nnc(C(=O)CC(C)(C)c2nc(C(=O)CCc3ccc(F)cc3)c(O)c(=O)n2C)o1. The molecule has 1 aromatic carbocycles. The van der Waals surface area contributed by atoms with Gasteiger partial charge in [-0.25, -0.2) is 9.37 Å². The monoisotopic (exact) mass is 442 g/mol. The van der Waals surface area contributed by atoms with Gasteiger partial charge in [-0.2, -0.15) is 0 Å². The molecule has 0 aliphatic carbocycles. The molecule has 0 atom stereocenters. The van der Waals surface area contributed by atoms with E-state index in [0.29, 0.717) is 0 Å². The Kier molecular flexibility index (Phi) is 6.33. The number of aryl methyl sites for hydroxylation is 2. The van der Waals surface area contributed by atoms with Gasteiger partial charge in [0.1, 0.15) is 11.6 Å². The highest BCUT2D eigenvalue weighted by Crippen LogP contribution is 2.28. The molecule has 3 aromatic rings. The molecule has 9 nitrogen and oxygen atoms in total. The minimum Gasteiger partial charge on any atom is -0.501 e. The van der Waals surface area contributed by atoms with Gasteiger partial charge < -0.3 is 9.52 Å². The Morgan fingerprint density at radius 3 is 2.41 bits per heavy atom. The van der Waals surface area contributed by atoms with Gasteiger partial charge in [0.15, 0.2) is 11.5 Å². The van der Waals surface area contributed by atoms with Crippen molar-refractivity contribution in [3.05, 3.63) is 69.3 Å². The van der Waals surface area contributed by atoms with Crippen molar-refractivity contribution in [2.75, 3.05) is 0 Å². The van der Waals surface area contributed by atoms with Crippen LogP contribution in [0.5, 0.6) is 5.75 Å². The highest BCUT2D eigenvalue weighted by molar-refractivity contribution is 5.96. The van der Waals surface area contributed by atoms with E-state index in [1.165, 1.54) is 19.2 Å². The molecule has 0 bridgehead atoms. The van der Waals surface area contributed by atoms with Crippen LogP contribution in [0.15, 0.2) is 33.5 Å². The number of carbonyl (C=O) groups excluding carboxylic acids is 2. The molecule has 0 saturated carbocycles. The maximum atomic E-state index is 13.1. The van der Waals surface area contributed by atoms with Crippen molar-refractivity contribution in [2.45, 2.75) is 45.4 Å². The van der Waals surface area contributed by atoms with E-state index in [1.807, 2.05) is 0 Å². The number of rotatable bonds is 8. The topological polar surface area (TPSA) is 128 Å². The lowest BCUT2D eigenvalue weighted by molar-refractivity contribution is 0.0919. The minimum atomic E-state index is -0.993. The van der Waals surface area contributed by atoms with Crippen LogP contribution in [0.1, 0.15) is 65.1 Å². The minimum absolute atomic E-state index is 0.0422. The molecule has 0 amide bonds. The fraction of sp³-hybridized carbons (Fsp3) is 0.364. The van der Waals surface area contributed by atoms with Gasteiger partial charge in [-0.05, 0) is 24.1 Å². The second-order valence-corrected chi connectivity index (χ2v) is 8.16. The summed E-state index contributed by atoms with van der Waals surface area (Å²) in [4.78, 5) is 42.2. The molecule has 2 aromatic heterocycles. The number of hydrogen-bond acceptors (Lipinski definition) is 8. The van der Waals surface area contributed by atoms with Crippen molar-refractivity contribution in [3.63, 3.8) is 0 Å². The number of halogens is 1. The summed E-state index contributed by atoms with van der Waals surface area (Å²) in [6, 6.07) is 5.69. The largest absolute Gasteiger partial charge is 0.501 e. The summed E-state index contributed by atoms with van der Waals surface area (Å²) >= 11 is 0. The summed E-state index contributed by atoms with van der Waals surface area (Å²) in [5, 5.41) is 17.6. The van der Waals surface area contributed by atoms with Crippen LogP contribution in [0.4, 0.5) is 4.39 Å². The normalized spacial score (nSPS) is 11.5. The lowest BCUT2D eigenvalue weighted by Gasteiger charge is -2.25. The quantitative estimate of drug-likeness (QED) is 0.527. The van der Waals surface area contributed by atoms with E-state index in [2.05, 4.69) is 15.2 Å². The summed E-state index contributed by atoms with van der Waals surface area (Å²) < 4.78 is 19.3. The molecule has 1 N–H and O–H groups in total. The van der Waals surface area contributed by atoms with Gasteiger partial charge in [-0.1, -0.05) is 26.0 Å². The van der Waals surface area contributed by atoms with Crippen molar-refractivity contribution in [2.24, 2.45) is 7.05 Å². The van der Waals surface area contributed by atoms with Gasteiger partial charge in [-0.15, -0.1) is 10.2 Å². The van der Waals surface area contributed by atoms with Crippen molar-refractivity contribution in [1.82, 2.24) is 19.7 Å². The molecule has 0 aliphatic heterocycles. The fourth-order valence-corrected chi connectivity index (χ4v) is 3.38. The molecular formula is C22H23FN4O5. The van der Waals surface area contributed by atoms with Crippen LogP contribution in [0.2, 0.25) is 0 Å². The molecule has 0 fully saturated rings. The maximum absolute atomic E-state index is 13.1. The molecule has 32 heavy (non-hydrogen) atoms. The summed E-state index contributed by atoms with van der Waals surface area (Å²) in [5.74, 6) is -1.89. The van der Waals surface area contributed by atoms with Gasteiger partial charge in [0.2, 0.25) is 17.4 Å². The number of aromatic hydroxyl groups is 1. The summed E-state index contributed by atoms with van der Waals surface area (Å²) in [5.41, 5.74) is -1.43. The predicted molar refractivity (Wildman–Crippen MR) is 111 cm³/mol. The second kappa shape index (κ2) is 8.81. The first kappa shape index (κ1) is 23.0. The van der Waals surface area contributed by atoms with Crippen LogP contribution >= 0.6 is 0 Å². The molecular weight excluding hydrogens is 419 g/mol. The van der Waals surface area contributed by atoms with Gasteiger partial charge in [0.05, 0.1) is 0 Å². The highest BCUT2D eigenvalue weighted by atomic mass is 19.1. The molecule has 0 unspecified atom stereocenters. The number of aromatic nitrogens is 4. The van der Waals surface area contributed by atoms with Gasteiger partial charge in [-0.3, -0.25) is 19.0 Å². The van der Waals surface area contributed by atoms with Crippen LogP contribution in [-0.2, 0) is 18.9 Å². The van der Waals surface area contributed by atoms with Crippen LogP contribution < -0.4 is 5.56 Å². The molecule has 0 saturated heterocycles. The van der Waals surface area contributed by atoms with E-state index in [1.54, 1.807) is 32.9 Å². The van der Waals surface area contributed by atoms with Gasteiger partial charge in [0.25, 0.3) is 11.4 Å². The van der Waals surface area contributed by atoms with Crippen LogP contribution in [0.25, 0.3) is 0 Å². The highest BCUT2D eigenvalue weighted by Gasteiger charge is 2.33. The third kappa shape index (κ3) is 4.79. The number of Topliss-reactive ketones (excluding diaryl/α,β-unsaturated/α-hetero) is 2. The predicted octanol–water partition coefficient (Wildman–Crippen LogP) is 2.68. The smallest absolute Gasteiger partial charge is 0.296 e. The Balaban J connectivity index is 1.88. The summed E-state index contributed by atoms with van der Waals surface area (Å²) in [6.07, 6.45) is 0.117. The van der Waals surface area contributed by atoms with Crippen molar-refractivity contribution < 1.29 is 23.5 Å². The van der Waals surface area contributed by atoms with Crippen LogP contribution in [0.3, 0.4) is 0 Å². The Hall–Kier alpha value is -3.69. The molecule has 2 heterocycles. The van der Waals surface area contributed by atoms with Gasteiger partial charge in [0, 0.05) is 32.2 Å². The molecule has 3 rings (SSSR count). The molecule has 168 valence electrons. The zero-order valence-corrected chi connectivity index (χ0v) is 18.2. The lowest BCUT2D eigenvalue weighted by atomic mass is 9.85. The number of nitrogens with zero attached hydrogens (tertiary/aromatic N) is 4. The first-order valence-electron chi connectivity index (χ1n) is 9.91. The van der Waals surface area contributed by atoms with Crippen molar-refractivity contribution in [3.8, 4) is 5.75 Å². The molecule has 0 spiro atoms. The Bertz CT molecular complexity index is 1230. The first-order valence-corrected chi connectivity index (χ1v) is 9.91. The van der Waals surface area contributed by atoms with E-state index in [9.17, 15) is 23.9 Å². The van der Waals surface area contributed by atoms with E-state index in [4.69, 9.17) is 4.42 Å². The number of benzene rings is 1. The van der Waals surface area contributed by atoms with Crippen molar-refractivity contribution >= 4 is 11.6 Å². The average Bonchev–Trinajstić information content (AvgIpc) is 3.17. The average molecular weight is 442 g/mol. The van der Waals surface area contributed by atoms with E-state index in [-0.39, 0.29) is 48.4 Å². The number of ketones is 2. The Morgan fingerprint density at radius 2 is 1.81 bits per heavy atom. The summed E-state index contributed by atoms with van der Waals surface area (Å²) in [7, 11) is 1.40. The number of hydrogen-bond donors (Lipinski definition) is 1. The maximum Gasteiger partial charge on any atom is 0.296 e. The standard InChI is InChI=1S/C22H23FN4O5/c1-12-25-26-19(32-12)16(29)11-22(2,3)21-24-17(18(30)20(31)27(21)4)15(28)10-7-13-5-8-14(23)9-6-13/h5-6,8-9,30H,7,10-11H2,1-4H3. The number of carbonyl (C=O) groups is 2. The third-order valence-electron chi connectivity index (χ3n) is 5.06.